The maximum atomic E-state index is 5.29. The van der Waals surface area contributed by atoms with E-state index in [2.05, 4.69) is 94.0 Å². The summed E-state index contributed by atoms with van der Waals surface area (Å²) in [5.41, 5.74) is 7.34. The van der Waals surface area contributed by atoms with Crippen molar-refractivity contribution in [2.45, 2.75) is 31.7 Å². The first-order valence-corrected chi connectivity index (χ1v) is 13.4. The summed E-state index contributed by atoms with van der Waals surface area (Å²) in [6, 6.07) is 21.8. The SMILES string of the molecule is Cc1nccn2c(C3CC(N4CCN(C)CC4)C3)nc(-c3ccc4ccc(-c5ccccc5)nc4c3)c12. The molecule has 3 aromatic heterocycles. The molecule has 1 aliphatic heterocycles. The zero-order valence-corrected chi connectivity index (χ0v) is 21.5. The molecule has 2 aromatic carbocycles. The van der Waals surface area contributed by atoms with Gasteiger partial charge in [-0.2, -0.15) is 0 Å². The number of fused-ring (bicyclic) bond motifs is 2. The highest BCUT2D eigenvalue weighted by atomic mass is 15.3. The largest absolute Gasteiger partial charge is 0.304 e. The van der Waals surface area contributed by atoms with Crippen molar-refractivity contribution >= 4 is 16.4 Å². The minimum absolute atomic E-state index is 0.482. The Morgan fingerprint density at radius 2 is 1.62 bits per heavy atom. The van der Waals surface area contributed by atoms with E-state index in [-0.39, 0.29) is 0 Å². The minimum Gasteiger partial charge on any atom is -0.304 e. The van der Waals surface area contributed by atoms with Crippen LogP contribution in [0.15, 0.2) is 73.1 Å². The van der Waals surface area contributed by atoms with E-state index in [9.17, 15) is 0 Å². The Balaban J connectivity index is 1.24. The van der Waals surface area contributed by atoms with E-state index in [1.54, 1.807) is 0 Å². The predicted octanol–water partition coefficient (Wildman–Crippen LogP) is 5.41. The molecule has 186 valence electrons. The van der Waals surface area contributed by atoms with Crippen molar-refractivity contribution in [3.8, 4) is 22.5 Å². The van der Waals surface area contributed by atoms with Gasteiger partial charge in [0.05, 0.1) is 28.1 Å². The highest BCUT2D eigenvalue weighted by Crippen LogP contribution is 2.42. The van der Waals surface area contributed by atoms with Gasteiger partial charge in [0.15, 0.2) is 0 Å². The molecule has 0 spiro atoms. The molecule has 0 atom stereocenters. The summed E-state index contributed by atoms with van der Waals surface area (Å²) in [5.74, 6) is 1.66. The van der Waals surface area contributed by atoms with Crippen LogP contribution in [-0.2, 0) is 0 Å². The Kier molecular flexibility index (Phi) is 5.52. The maximum Gasteiger partial charge on any atom is 0.117 e. The smallest absolute Gasteiger partial charge is 0.117 e. The van der Waals surface area contributed by atoms with Crippen LogP contribution in [0.2, 0.25) is 0 Å². The lowest BCUT2D eigenvalue weighted by Gasteiger charge is -2.45. The number of nitrogens with zero attached hydrogens (tertiary/aromatic N) is 6. The molecule has 0 unspecified atom stereocenters. The first kappa shape index (κ1) is 22.6. The number of hydrogen-bond donors (Lipinski definition) is 0. The summed E-state index contributed by atoms with van der Waals surface area (Å²) in [5, 5.41) is 1.14. The van der Waals surface area contributed by atoms with Gasteiger partial charge in [0.25, 0.3) is 0 Å². The molecule has 6 heteroatoms. The summed E-state index contributed by atoms with van der Waals surface area (Å²) in [6.07, 6.45) is 6.36. The molecule has 2 fully saturated rings. The lowest BCUT2D eigenvalue weighted by Crippen LogP contribution is -2.52. The van der Waals surface area contributed by atoms with Gasteiger partial charge in [-0.15, -0.1) is 0 Å². The highest BCUT2D eigenvalue weighted by Gasteiger charge is 2.38. The zero-order valence-electron chi connectivity index (χ0n) is 21.5. The molecular formula is C31H32N6. The van der Waals surface area contributed by atoms with Gasteiger partial charge in [-0.05, 0) is 38.9 Å². The summed E-state index contributed by atoms with van der Waals surface area (Å²) in [6.45, 7) is 6.79. The number of piperazine rings is 1. The Labute approximate surface area is 217 Å². The third-order valence-corrected chi connectivity index (χ3v) is 8.33. The van der Waals surface area contributed by atoms with E-state index in [4.69, 9.17) is 9.97 Å². The topological polar surface area (TPSA) is 49.6 Å². The van der Waals surface area contributed by atoms with Crippen LogP contribution in [-0.4, -0.2) is 68.4 Å². The molecule has 1 saturated carbocycles. The molecule has 2 aliphatic rings. The average molecular weight is 489 g/mol. The maximum absolute atomic E-state index is 5.29. The summed E-state index contributed by atoms with van der Waals surface area (Å²) < 4.78 is 2.29. The first-order chi connectivity index (χ1) is 18.1. The van der Waals surface area contributed by atoms with Crippen LogP contribution in [0, 0.1) is 6.92 Å². The lowest BCUT2D eigenvalue weighted by atomic mass is 9.78. The lowest BCUT2D eigenvalue weighted by molar-refractivity contribution is 0.0586. The number of benzene rings is 2. The van der Waals surface area contributed by atoms with Gasteiger partial charge in [-0.1, -0.05) is 48.5 Å². The van der Waals surface area contributed by atoms with Crippen LogP contribution < -0.4 is 0 Å². The van der Waals surface area contributed by atoms with E-state index in [0.29, 0.717) is 12.0 Å². The molecule has 0 bridgehead atoms. The van der Waals surface area contributed by atoms with Crippen LogP contribution in [0.3, 0.4) is 0 Å². The van der Waals surface area contributed by atoms with Crippen molar-refractivity contribution in [2.24, 2.45) is 0 Å². The van der Waals surface area contributed by atoms with E-state index >= 15 is 0 Å². The number of rotatable bonds is 4. The zero-order chi connectivity index (χ0) is 24.9. The van der Waals surface area contributed by atoms with Crippen LogP contribution in [0.5, 0.6) is 0 Å². The minimum atomic E-state index is 0.482. The quantitative estimate of drug-likeness (QED) is 0.338. The molecule has 6 nitrogen and oxygen atoms in total. The second-order valence-corrected chi connectivity index (χ2v) is 10.7. The second kappa shape index (κ2) is 9.05. The van der Waals surface area contributed by atoms with Gasteiger partial charge in [-0.3, -0.25) is 14.3 Å². The molecule has 4 heterocycles. The van der Waals surface area contributed by atoms with E-state index in [1.165, 1.54) is 44.8 Å². The van der Waals surface area contributed by atoms with Gasteiger partial charge >= 0.3 is 0 Å². The third kappa shape index (κ3) is 4.01. The van der Waals surface area contributed by atoms with Gasteiger partial charge < -0.3 is 4.90 Å². The van der Waals surface area contributed by atoms with Crippen molar-refractivity contribution in [1.29, 1.82) is 0 Å². The van der Waals surface area contributed by atoms with Crippen molar-refractivity contribution in [3.05, 3.63) is 84.6 Å². The van der Waals surface area contributed by atoms with Gasteiger partial charge in [-0.25, -0.2) is 9.97 Å². The number of likely N-dealkylation sites (N-methyl/N-ethyl adjacent to an activating group) is 1. The Morgan fingerprint density at radius 1 is 0.838 bits per heavy atom. The predicted molar refractivity (Wildman–Crippen MR) is 149 cm³/mol. The van der Waals surface area contributed by atoms with Crippen LogP contribution in [0.4, 0.5) is 0 Å². The molecule has 0 N–H and O–H groups in total. The summed E-state index contributed by atoms with van der Waals surface area (Å²) in [4.78, 5) is 20.0. The molecular weight excluding hydrogens is 456 g/mol. The van der Waals surface area contributed by atoms with E-state index in [0.717, 1.165) is 44.6 Å². The summed E-state index contributed by atoms with van der Waals surface area (Å²) in [7, 11) is 2.22. The first-order valence-electron chi connectivity index (χ1n) is 13.4. The molecule has 1 saturated heterocycles. The molecule has 0 amide bonds. The molecule has 37 heavy (non-hydrogen) atoms. The van der Waals surface area contributed by atoms with Crippen LogP contribution in [0.1, 0.15) is 30.3 Å². The number of aromatic nitrogens is 4. The Hall–Kier alpha value is -3.61. The average Bonchev–Trinajstić information content (AvgIpc) is 3.29. The number of aryl methyl sites for hydroxylation is 1. The Bertz CT molecular complexity index is 1580. The molecule has 1 aliphatic carbocycles. The standard InChI is InChI=1S/C31H32N6/c1-21-30-29(24-9-8-23-10-11-27(33-28(23)20-24)22-6-4-3-5-7-22)34-31(37(30)13-12-32-21)25-18-26(19-25)36-16-14-35(2)15-17-36/h3-13,20,25-26H,14-19H2,1-2H3. The van der Waals surface area contributed by atoms with Gasteiger partial charge in [0.2, 0.25) is 0 Å². The van der Waals surface area contributed by atoms with Crippen molar-refractivity contribution in [2.75, 3.05) is 33.2 Å². The van der Waals surface area contributed by atoms with Crippen LogP contribution >= 0.6 is 0 Å². The fourth-order valence-corrected chi connectivity index (χ4v) is 6.03. The normalized spacial score (nSPS) is 20.9. The molecule has 5 aromatic rings. The summed E-state index contributed by atoms with van der Waals surface area (Å²) >= 11 is 0. The van der Waals surface area contributed by atoms with E-state index in [1.807, 2.05) is 12.3 Å². The third-order valence-electron chi connectivity index (χ3n) is 8.33. The number of pyridine rings is 1. The second-order valence-electron chi connectivity index (χ2n) is 10.7. The van der Waals surface area contributed by atoms with Crippen molar-refractivity contribution < 1.29 is 0 Å². The van der Waals surface area contributed by atoms with E-state index < -0.39 is 0 Å². The van der Waals surface area contributed by atoms with Gasteiger partial charge in [0, 0.05) is 67.0 Å². The van der Waals surface area contributed by atoms with Crippen molar-refractivity contribution in [1.82, 2.24) is 29.2 Å². The van der Waals surface area contributed by atoms with Crippen molar-refractivity contribution in [3.63, 3.8) is 0 Å². The number of imidazole rings is 1. The Morgan fingerprint density at radius 3 is 2.43 bits per heavy atom. The van der Waals surface area contributed by atoms with Gasteiger partial charge in [0.1, 0.15) is 5.82 Å². The number of hydrogen-bond acceptors (Lipinski definition) is 5. The highest BCUT2D eigenvalue weighted by molar-refractivity contribution is 5.89. The molecule has 0 radical (unpaired) electrons. The molecule has 7 rings (SSSR count). The van der Waals surface area contributed by atoms with Crippen LogP contribution in [0.25, 0.3) is 38.9 Å². The fraction of sp³-hybridized carbons (Fsp3) is 0.323. The monoisotopic (exact) mass is 488 g/mol. The fourth-order valence-electron chi connectivity index (χ4n) is 6.03.